The van der Waals surface area contributed by atoms with Crippen molar-refractivity contribution in [3.05, 3.63) is 46.0 Å². The molecule has 0 saturated carbocycles. The third kappa shape index (κ3) is 3.62. The summed E-state index contributed by atoms with van der Waals surface area (Å²) in [4.78, 5) is 30.9. The van der Waals surface area contributed by atoms with E-state index in [1.54, 1.807) is 36.2 Å². The molecule has 1 amide bonds. The minimum Gasteiger partial charge on any atom is -0.344 e. The zero-order valence-corrected chi connectivity index (χ0v) is 15.4. The highest BCUT2D eigenvalue weighted by Crippen LogP contribution is 2.25. The van der Waals surface area contributed by atoms with E-state index in [0.29, 0.717) is 22.8 Å². The lowest BCUT2D eigenvalue weighted by molar-refractivity contribution is -0.130. The third-order valence-electron chi connectivity index (χ3n) is 4.16. The van der Waals surface area contributed by atoms with E-state index in [0.717, 1.165) is 12.8 Å². The first-order chi connectivity index (χ1) is 12.5. The van der Waals surface area contributed by atoms with Gasteiger partial charge in [-0.05, 0) is 18.6 Å². The number of nitrogens with zero attached hydrogens (tertiary/aromatic N) is 4. The van der Waals surface area contributed by atoms with Gasteiger partial charge in [-0.1, -0.05) is 42.2 Å². The Balaban J connectivity index is 1.95. The van der Waals surface area contributed by atoms with Crippen molar-refractivity contribution in [2.45, 2.75) is 26.3 Å². The van der Waals surface area contributed by atoms with Crippen molar-refractivity contribution in [1.29, 1.82) is 0 Å². The number of hydrogen-bond donors (Lipinski definition) is 0. The number of fused-ring (bicyclic) bond motifs is 1. The Morgan fingerprint density at radius 1 is 1.31 bits per heavy atom. The molecule has 0 atom stereocenters. The highest BCUT2D eigenvalue weighted by molar-refractivity contribution is 6.30. The number of unbranched alkanes of at least 4 members (excludes halogenated alkanes) is 1. The van der Waals surface area contributed by atoms with E-state index in [4.69, 9.17) is 16.1 Å². The maximum Gasteiger partial charge on any atom is 0.267 e. The second-order valence-corrected chi connectivity index (χ2v) is 6.50. The zero-order valence-electron chi connectivity index (χ0n) is 14.6. The van der Waals surface area contributed by atoms with E-state index in [1.165, 1.54) is 10.9 Å². The van der Waals surface area contributed by atoms with Gasteiger partial charge in [0, 0.05) is 24.2 Å². The lowest BCUT2D eigenvalue weighted by Gasteiger charge is -2.17. The van der Waals surface area contributed by atoms with Gasteiger partial charge in [0.15, 0.2) is 0 Å². The van der Waals surface area contributed by atoms with Crippen LogP contribution in [0.3, 0.4) is 0 Å². The molecule has 2 aromatic heterocycles. The topological polar surface area (TPSA) is 81.2 Å². The molecular weight excluding hydrogens is 356 g/mol. The molecule has 0 spiro atoms. The molecule has 0 aliphatic heterocycles. The molecule has 3 aromatic rings. The number of benzene rings is 1. The number of amides is 1. The normalized spacial score (nSPS) is 11.0. The Morgan fingerprint density at radius 3 is 2.73 bits per heavy atom. The number of hydrogen-bond acceptors (Lipinski definition) is 5. The van der Waals surface area contributed by atoms with Crippen molar-refractivity contribution in [2.24, 2.45) is 0 Å². The molecular formula is C18H19ClN4O3. The van der Waals surface area contributed by atoms with Crippen LogP contribution in [-0.2, 0) is 11.3 Å². The fraction of sp³-hybridized carbons (Fsp3) is 0.333. The summed E-state index contributed by atoms with van der Waals surface area (Å²) in [5, 5.41) is 4.79. The first kappa shape index (κ1) is 18.1. The minimum atomic E-state index is -0.363. The molecule has 1 aromatic carbocycles. The smallest absolute Gasteiger partial charge is 0.267 e. The standard InChI is InChI=1S/C18H19ClN4O3/c1-3-4-9-22(2)14(24)10-23-11-20-17-15(18(23)25)16(21-26-17)12-5-7-13(19)8-6-12/h5-8,11H,3-4,9-10H2,1-2H3. The largest absolute Gasteiger partial charge is 0.344 e. The summed E-state index contributed by atoms with van der Waals surface area (Å²) in [6.07, 6.45) is 3.23. The fourth-order valence-electron chi connectivity index (χ4n) is 2.58. The van der Waals surface area contributed by atoms with Crippen molar-refractivity contribution < 1.29 is 9.32 Å². The maximum atomic E-state index is 12.8. The Hall–Kier alpha value is -2.67. The van der Waals surface area contributed by atoms with Crippen molar-refractivity contribution in [2.75, 3.05) is 13.6 Å². The maximum absolute atomic E-state index is 12.8. The molecule has 7 nitrogen and oxygen atoms in total. The van der Waals surface area contributed by atoms with E-state index in [2.05, 4.69) is 17.1 Å². The Kier molecular flexibility index (Phi) is 5.37. The van der Waals surface area contributed by atoms with Crippen LogP contribution in [0.15, 0.2) is 39.9 Å². The summed E-state index contributed by atoms with van der Waals surface area (Å²) in [6, 6.07) is 6.91. The summed E-state index contributed by atoms with van der Waals surface area (Å²) >= 11 is 5.91. The van der Waals surface area contributed by atoms with Crippen LogP contribution in [0.2, 0.25) is 5.02 Å². The van der Waals surface area contributed by atoms with Gasteiger partial charge in [-0.2, -0.15) is 0 Å². The third-order valence-corrected chi connectivity index (χ3v) is 4.41. The van der Waals surface area contributed by atoms with Crippen molar-refractivity contribution >= 4 is 28.6 Å². The lowest BCUT2D eigenvalue weighted by atomic mass is 10.1. The number of halogens is 1. The van der Waals surface area contributed by atoms with Gasteiger partial charge in [0.1, 0.15) is 24.0 Å². The number of likely N-dealkylation sites (N-methyl/N-ethyl adjacent to an activating group) is 1. The number of carbonyl (C=O) groups is 1. The predicted molar refractivity (Wildman–Crippen MR) is 99.1 cm³/mol. The van der Waals surface area contributed by atoms with Crippen LogP contribution in [0.1, 0.15) is 19.8 Å². The molecule has 0 radical (unpaired) electrons. The van der Waals surface area contributed by atoms with Crippen LogP contribution in [0.5, 0.6) is 0 Å². The molecule has 0 N–H and O–H groups in total. The average molecular weight is 375 g/mol. The first-order valence-electron chi connectivity index (χ1n) is 8.36. The van der Waals surface area contributed by atoms with Gasteiger partial charge in [-0.15, -0.1) is 0 Å². The van der Waals surface area contributed by atoms with Gasteiger partial charge in [0.25, 0.3) is 11.3 Å². The van der Waals surface area contributed by atoms with Crippen molar-refractivity contribution in [1.82, 2.24) is 19.6 Å². The average Bonchev–Trinajstić information content (AvgIpc) is 3.07. The minimum absolute atomic E-state index is 0.0762. The summed E-state index contributed by atoms with van der Waals surface area (Å²) in [6.45, 7) is 2.64. The van der Waals surface area contributed by atoms with Crippen LogP contribution >= 0.6 is 11.6 Å². The molecule has 0 unspecified atom stereocenters. The monoisotopic (exact) mass is 374 g/mol. The van der Waals surface area contributed by atoms with Crippen LogP contribution in [0.25, 0.3) is 22.4 Å². The van der Waals surface area contributed by atoms with Crippen LogP contribution in [0, 0.1) is 0 Å². The van der Waals surface area contributed by atoms with E-state index in [9.17, 15) is 9.59 Å². The number of carbonyl (C=O) groups excluding carboxylic acids is 1. The molecule has 8 heteroatoms. The second-order valence-electron chi connectivity index (χ2n) is 6.06. The number of rotatable bonds is 6. The van der Waals surface area contributed by atoms with E-state index < -0.39 is 0 Å². The SMILES string of the molecule is CCCCN(C)C(=O)Cn1cnc2onc(-c3ccc(Cl)cc3)c2c1=O. The Labute approximate surface area is 155 Å². The zero-order chi connectivity index (χ0) is 18.7. The van der Waals surface area contributed by atoms with Crippen molar-refractivity contribution in [3.63, 3.8) is 0 Å². The van der Waals surface area contributed by atoms with E-state index >= 15 is 0 Å². The highest BCUT2D eigenvalue weighted by atomic mass is 35.5. The highest BCUT2D eigenvalue weighted by Gasteiger charge is 2.18. The quantitative estimate of drug-likeness (QED) is 0.662. The summed E-state index contributed by atoms with van der Waals surface area (Å²) in [5.41, 5.74) is 0.855. The molecule has 26 heavy (non-hydrogen) atoms. The van der Waals surface area contributed by atoms with Gasteiger partial charge in [0.2, 0.25) is 5.91 Å². The molecule has 0 aliphatic carbocycles. The van der Waals surface area contributed by atoms with Gasteiger partial charge < -0.3 is 9.42 Å². The van der Waals surface area contributed by atoms with Gasteiger partial charge in [-0.25, -0.2) is 4.98 Å². The Morgan fingerprint density at radius 2 is 2.04 bits per heavy atom. The van der Waals surface area contributed by atoms with E-state index in [-0.39, 0.29) is 29.1 Å². The summed E-state index contributed by atoms with van der Waals surface area (Å²) < 4.78 is 6.45. The summed E-state index contributed by atoms with van der Waals surface area (Å²) in [5.74, 6) is -0.147. The second kappa shape index (κ2) is 7.70. The molecule has 0 bridgehead atoms. The molecule has 2 heterocycles. The molecule has 0 fully saturated rings. The molecule has 0 saturated heterocycles. The van der Waals surface area contributed by atoms with Gasteiger partial charge in [-0.3, -0.25) is 14.2 Å². The van der Waals surface area contributed by atoms with Crippen LogP contribution in [-0.4, -0.2) is 39.1 Å². The number of aromatic nitrogens is 3. The first-order valence-corrected chi connectivity index (χ1v) is 8.73. The summed E-state index contributed by atoms with van der Waals surface area (Å²) in [7, 11) is 1.73. The van der Waals surface area contributed by atoms with E-state index in [1.807, 2.05) is 0 Å². The van der Waals surface area contributed by atoms with Crippen LogP contribution < -0.4 is 5.56 Å². The Bertz CT molecular complexity index is 978. The molecule has 0 aliphatic rings. The molecule has 3 rings (SSSR count). The predicted octanol–water partition coefficient (Wildman–Crippen LogP) is 2.96. The fourth-order valence-corrected chi connectivity index (χ4v) is 2.71. The van der Waals surface area contributed by atoms with Crippen molar-refractivity contribution in [3.8, 4) is 11.3 Å². The van der Waals surface area contributed by atoms with Gasteiger partial charge >= 0.3 is 0 Å². The van der Waals surface area contributed by atoms with Gasteiger partial charge in [0.05, 0.1) is 0 Å². The molecule has 136 valence electrons. The van der Waals surface area contributed by atoms with Crippen LogP contribution in [0.4, 0.5) is 0 Å². The lowest BCUT2D eigenvalue weighted by Crippen LogP contribution is -2.34.